The third-order valence-electron chi connectivity index (χ3n) is 4.28. The summed E-state index contributed by atoms with van der Waals surface area (Å²) in [6.07, 6.45) is 1.56. The third kappa shape index (κ3) is 4.51. The summed E-state index contributed by atoms with van der Waals surface area (Å²) in [7, 11) is 1.59. The molecule has 1 heterocycles. The number of carbonyl (C=O) groups excluding carboxylic acids is 1. The molecule has 1 saturated heterocycles. The zero-order chi connectivity index (χ0) is 16.8. The fourth-order valence-electron chi connectivity index (χ4n) is 3.09. The van der Waals surface area contributed by atoms with E-state index in [2.05, 4.69) is 0 Å². The third-order valence-corrected chi connectivity index (χ3v) is 4.28. The predicted octanol–water partition coefficient (Wildman–Crippen LogP) is 2.24. The first-order chi connectivity index (χ1) is 11.0. The maximum atomic E-state index is 13.9. The number of halogens is 1. The quantitative estimate of drug-likeness (QED) is 0.872. The van der Waals surface area contributed by atoms with Crippen molar-refractivity contribution in [2.75, 3.05) is 13.7 Å². The molecule has 23 heavy (non-hydrogen) atoms. The number of benzene rings is 1. The van der Waals surface area contributed by atoms with Gasteiger partial charge in [0.05, 0.1) is 18.6 Å². The van der Waals surface area contributed by atoms with Gasteiger partial charge in [-0.25, -0.2) is 4.39 Å². The molecule has 1 amide bonds. The number of carbonyl (C=O) groups is 2. The summed E-state index contributed by atoms with van der Waals surface area (Å²) in [5.74, 6) is -1.51. The first-order valence-electron chi connectivity index (χ1n) is 7.80. The number of nitrogens with zero attached hydrogens (tertiary/aromatic N) is 1. The minimum absolute atomic E-state index is 0.0421. The summed E-state index contributed by atoms with van der Waals surface area (Å²) in [4.78, 5) is 24.7. The number of hydrogen-bond donors (Lipinski definition) is 1. The molecule has 0 unspecified atom stereocenters. The van der Waals surface area contributed by atoms with Gasteiger partial charge in [-0.2, -0.15) is 0 Å². The summed E-state index contributed by atoms with van der Waals surface area (Å²) in [6, 6.07) is 6.22. The van der Waals surface area contributed by atoms with Crippen molar-refractivity contribution in [2.45, 2.75) is 44.2 Å². The van der Waals surface area contributed by atoms with Gasteiger partial charge >= 0.3 is 5.97 Å². The molecule has 0 bridgehead atoms. The second-order valence-electron chi connectivity index (χ2n) is 5.76. The highest BCUT2D eigenvalue weighted by Crippen LogP contribution is 2.25. The highest BCUT2D eigenvalue weighted by atomic mass is 19.1. The Balaban J connectivity index is 2.16. The van der Waals surface area contributed by atoms with Crippen LogP contribution < -0.4 is 0 Å². The molecule has 0 saturated carbocycles. The lowest BCUT2D eigenvalue weighted by molar-refractivity contribution is -0.144. The number of carboxylic acid groups (broad SMARTS) is 1. The van der Waals surface area contributed by atoms with Gasteiger partial charge in [-0.3, -0.25) is 9.59 Å². The van der Waals surface area contributed by atoms with Crippen LogP contribution in [0.4, 0.5) is 4.39 Å². The number of aliphatic carboxylic acids is 1. The van der Waals surface area contributed by atoms with Crippen LogP contribution in [0, 0.1) is 5.82 Å². The Bertz CT molecular complexity index is 563. The van der Waals surface area contributed by atoms with E-state index in [1.165, 1.54) is 6.07 Å². The molecular formula is C17H22FNO4. The van der Waals surface area contributed by atoms with Gasteiger partial charge in [-0.1, -0.05) is 18.2 Å². The number of methoxy groups -OCH3 is 1. The number of likely N-dealkylation sites (tertiary alicyclic amines) is 1. The first kappa shape index (κ1) is 17.4. The average Bonchev–Trinajstić information content (AvgIpc) is 2.54. The van der Waals surface area contributed by atoms with E-state index in [0.29, 0.717) is 18.5 Å². The van der Waals surface area contributed by atoms with Crippen LogP contribution in [0.15, 0.2) is 24.3 Å². The lowest BCUT2D eigenvalue weighted by Crippen LogP contribution is -2.52. The van der Waals surface area contributed by atoms with Crippen LogP contribution in [0.25, 0.3) is 0 Å². The number of rotatable bonds is 6. The van der Waals surface area contributed by atoms with Crippen LogP contribution in [0.5, 0.6) is 0 Å². The van der Waals surface area contributed by atoms with E-state index in [-0.39, 0.29) is 36.7 Å². The van der Waals surface area contributed by atoms with Gasteiger partial charge in [0.1, 0.15) is 5.82 Å². The number of hydrogen-bond acceptors (Lipinski definition) is 3. The summed E-state index contributed by atoms with van der Waals surface area (Å²) in [6.45, 7) is 0.553. The normalized spacial score (nSPS) is 21.2. The Kier molecular flexibility index (Phi) is 6.10. The van der Waals surface area contributed by atoms with Crippen molar-refractivity contribution >= 4 is 11.9 Å². The van der Waals surface area contributed by atoms with E-state index in [1.54, 1.807) is 30.2 Å². The van der Waals surface area contributed by atoms with Gasteiger partial charge in [-0.15, -0.1) is 0 Å². The number of carboxylic acids is 1. The Labute approximate surface area is 135 Å². The summed E-state index contributed by atoms with van der Waals surface area (Å²) in [5, 5.41) is 8.75. The highest BCUT2D eigenvalue weighted by Gasteiger charge is 2.34. The SMILES string of the molecule is CO[C@H]1CCCN(C(=O)CCC(=O)O)[C@H]1Cc1ccccc1F. The molecule has 1 N–H and O–H groups in total. The van der Waals surface area contributed by atoms with Gasteiger partial charge in [0.25, 0.3) is 0 Å². The van der Waals surface area contributed by atoms with E-state index in [0.717, 1.165) is 12.8 Å². The van der Waals surface area contributed by atoms with Crippen LogP contribution >= 0.6 is 0 Å². The smallest absolute Gasteiger partial charge is 0.303 e. The molecule has 0 aliphatic carbocycles. The lowest BCUT2D eigenvalue weighted by atomic mass is 9.92. The fourth-order valence-corrected chi connectivity index (χ4v) is 3.09. The second-order valence-corrected chi connectivity index (χ2v) is 5.76. The second kappa shape index (κ2) is 8.06. The van der Waals surface area contributed by atoms with E-state index in [4.69, 9.17) is 9.84 Å². The summed E-state index contributed by atoms with van der Waals surface area (Å²) in [5.41, 5.74) is 0.539. The first-order valence-corrected chi connectivity index (χ1v) is 7.80. The molecule has 0 aromatic heterocycles. The van der Waals surface area contributed by atoms with Crippen molar-refractivity contribution in [3.05, 3.63) is 35.6 Å². The summed E-state index contributed by atoms with van der Waals surface area (Å²) >= 11 is 0. The number of piperidine rings is 1. The molecule has 126 valence electrons. The van der Waals surface area contributed by atoms with Crippen LogP contribution in [0.2, 0.25) is 0 Å². The molecular weight excluding hydrogens is 301 g/mol. The minimum atomic E-state index is -0.996. The molecule has 0 radical (unpaired) electrons. The molecule has 0 spiro atoms. The molecule has 6 heteroatoms. The van der Waals surface area contributed by atoms with E-state index < -0.39 is 5.97 Å². The largest absolute Gasteiger partial charge is 0.481 e. The molecule has 2 atom stereocenters. The number of amides is 1. The minimum Gasteiger partial charge on any atom is -0.481 e. The van der Waals surface area contributed by atoms with Gasteiger partial charge in [0.2, 0.25) is 5.91 Å². The topological polar surface area (TPSA) is 66.8 Å². The maximum Gasteiger partial charge on any atom is 0.303 e. The van der Waals surface area contributed by atoms with Gasteiger partial charge in [-0.05, 0) is 30.9 Å². The Hall–Kier alpha value is -1.95. The lowest BCUT2D eigenvalue weighted by Gasteiger charge is -2.41. The Morgan fingerprint density at radius 1 is 1.35 bits per heavy atom. The standard InChI is InChI=1S/C17H22FNO4/c1-23-15-7-4-10-19(16(20)8-9-17(21)22)14(15)11-12-5-2-3-6-13(12)18/h2-3,5-6,14-15H,4,7-11H2,1H3,(H,21,22)/t14-,15-/m0/s1. The van der Waals surface area contributed by atoms with Crippen molar-refractivity contribution in [1.82, 2.24) is 4.90 Å². The van der Waals surface area contributed by atoms with Crippen LogP contribution in [-0.4, -0.2) is 47.7 Å². The fraction of sp³-hybridized carbons (Fsp3) is 0.529. The van der Waals surface area contributed by atoms with Gasteiger partial charge < -0.3 is 14.7 Å². The van der Waals surface area contributed by atoms with Gasteiger partial charge in [0, 0.05) is 20.1 Å². The Morgan fingerprint density at radius 3 is 2.74 bits per heavy atom. The number of ether oxygens (including phenoxy) is 1. The van der Waals surface area contributed by atoms with E-state index >= 15 is 0 Å². The van der Waals surface area contributed by atoms with Crippen molar-refractivity contribution in [3.63, 3.8) is 0 Å². The molecule has 1 fully saturated rings. The van der Waals surface area contributed by atoms with Gasteiger partial charge in [0.15, 0.2) is 0 Å². The molecule has 1 aliphatic heterocycles. The van der Waals surface area contributed by atoms with Crippen molar-refractivity contribution in [2.24, 2.45) is 0 Å². The zero-order valence-electron chi connectivity index (χ0n) is 13.2. The van der Waals surface area contributed by atoms with Crippen molar-refractivity contribution < 1.29 is 23.8 Å². The van der Waals surface area contributed by atoms with E-state index in [9.17, 15) is 14.0 Å². The zero-order valence-corrected chi connectivity index (χ0v) is 13.2. The maximum absolute atomic E-state index is 13.9. The van der Waals surface area contributed by atoms with Crippen molar-refractivity contribution in [1.29, 1.82) is 0 Å². The molecule has 1 aromatic rings. The molecule has 1 aromatic carbocycles. The van der Waals surface area contributed by atoms with Crippen LogP contribution in [-0.2, 0) is 20.7 Å². The van der Waals surface area contributed by atoms with Crippen LogP contribution in [0.3, 0.4) is 0 Å². The highest BCUT2D eigenvalue weighted by molar-refractivity contribution is 5.81. The monoisotopic (exact) mass is 323 g/mol. The van der Waals surface area contributed by atoms with Crippen LogP contribution in [0.1, 0.15) is 31.2 Å². The van der Waals surface area contributed by atoms with Crippen molar-refractivity contribution in [3.8, 4) is 0 Å². The van der Waals surface area contributed by atoms with E-state index in [1.807, 2.05) is 0 Å². The molecule has 5 nitrogen and oxygen atoms in total. The molecule has 2 rings (SSSR count). The Morgan fingerprint density at radius 2 is 2.09 bits per heavy atom. The summed E-state index contributed by atoms with van der Waals surface area (Å²) < 4.78 is 19.4. The average molecular weight is 323 g/mol. The molecule has 1 aliphatic rings. The predicted molar refractivity (Wildman–Crippen MR) is 82.5 cm³/mol.